The molecule has 5 nitrogen and oxygen atoms in total. The Morgan fingerprint density at radius 3 is 3.00 bits per heavy atom. The highest BCUT2D eigenvalue weighted by Gasteiger charge is 2.34. The van der Waals surface area contributed by atoms with Gasteiger partial charge in [-0.1, -0.05) is 5.16 Å². The lowest BCUT2D eigenvalue weighted by molar-refractivity contribution is 0.0714. The molecule has 1 saturated heterocycles. The molecule has 1 fully saturated rings. The van der Waals surface area contributed by atoms with Crippen LogP contribution in [-0.2, 0) is 13.0 Å². The minimum atomic E-state index is 0.0356. The van der Waals surface area contributed by atoms with E-state index in [0.29, 0.717) is 0 Å². The third kappa shape index (κ3) is 2.07. The quantitative estimate of drug-likeness (QED) is 0.852. The lowest BCUT2D eigenvalue weighted by atomic mass is 10.1. The van der Waals surface area contributed by atoms with E-state index in [2.05, 4.69) is 15.8 Å². The van der Waals surface area contributed by atoms with Crippen molar-refractivity contribution in [3.63, 3.8) is 0 Å². The summed E-state index contributed by atoms with van der Waals surface area (Å²) in [5.74, 6) is 0.929. The maximum Gasteiger partial charge on any atom is 0.256 e. The number of aromatic nitrogens is 2. The standard InChI is InChI=1S/C16H19N3O2/c1-11-8-15(21-17-11)14-5-3-7-19(14)16(20)12-9-13-4-2-6-18(13)10-12/h8-10,14H,2-7H2,1H3. The zero-order chi connectivity index (χ0) is 14.4. The molecular weight excluding hydrogens is 266 g/mol. The molecule has 4 rings (SSSR count). The van der Waals surface area contributed by atoms with Gasteiger partial charge in [-0.15, -0.1) is 0 Å². The molecule has 0 saturated carbocycles. The molecule has 1 atom stereocenters. The van der Waals surface area contributed by atoms with Crippen molar-refractivity contribution in [3.8, 4) is 0 Å². The van der Waals surface area contributed by atoms with Crippen molar-refractivity contribution in [2.45, 2.75) is 45.2 Å². The Balaban J connectivity index is 1.60. The average molecular weight is 285 g/mol. The van der Waals surface area contributed by atoms with Crippen LogP contribution in [0.1, 0.15) is 52.8 Å². The molecule has 0 bridgehead atoms. The monoisotopic (exact) mass is 285 g/mol. The van der Waals surface area contributed by atoms with Crippen LogP contribution < -0.4 is 0 Å². The van der Waals surface area contributed by atoms with E-state index < -0.39 is 0 Å². The van der Waals surface area contributed by atoms with Gasteiger partial charge in [0, 0.05) is 31.0 Å². The van der Waals surface area contributed by atoms with Gasteiger partial charge in [-0.3, -0.25) is 4.79 Å². The average Bonchev–Trinajstić information content (AvgIpc) is 3.20. The molecule has 1 unspecified atom stereocenters. The van der Waals surface area contributed by atoms with E-state index in [-0.39, 0.29) is 11.9 Å². The van der Waals surface area contributed by atoms with Crippen LogP contribution in [0.2, 0.25) is 0 Å². The number of carbonyl (C=O) groups is 1. The minimum absolute atomic E-state index is 0.0356. The van der Waals surface area contributed by atoms with Crippen LogP contribution in [0.5, 0.6) is 0 Å². The molecule has 2 aromatic heterocycles. The fourth-order valence-corrected chi connectivity index (χ4v) is 3.53. The highest BCUT2D eigenvalue weighted by atomic mass is 16.5. The minimum Gasteiger partial charge on any atom is -0.359 e. The molecule has 2 aliphatic heterocycles. The van der Waals surface area contributed by atoms with Crippen LogP contribution in [0.25, 0.3) is 0 Å². The molecule has 2 aliphatic rings. The SMILES string of the molecule is Cc1cc(C2CCCN2C(=O)c2cc3n(c2)CCC3)on1. The summed E-state index contributed by atoms with van der Waals surface area (Å²) < 4.78 is 7.58. The Kier molecular flexibility index (Phi) is 2.87. The lowest BCUT2D eigenvalue weighted by Gasteiger charge is -2.22. The maximum atomic E-state index is 12.8. The van der Waals surface area contributed by atoms with Gasteiger partial charge in [0.05, 0.1) is 17.3 Å². The summed E-state index contributed by atoms with van der Waals surface area (Å²) in [7, 11) is 0. The fourth-order valence-electron chi connectivity index (χ4n) is 3.53. The first-order valence-electron chi connectivity index (χ1n) is 7.65. The normalized spacial score (nSPS) is 21.0. The Bertz CT molecular complexity index is 664. The Morgan fingerprint density at radius 1 is 1.33 bits per heavy atom. The van der Waals surface area contributed by atoms with Gasteiger partial charge in [-0.05, 0) is 38.7 Å². The Hall–Kier alpha value is -2.04. The summed E-state index contributed by atoms with van der Waals surface area (Å²) in [4.78, 5) is 14.7. The Morgan fingerprint density at radius 2 is 2.24 bits per heavy atom. The van der Waals surface area contributed by atoms with Crippen molar-refractivity contribution >= 4 is 5.91 Å². The number of hydrogen-bond donors (Lipinski definition) is 0. The van der Waals surface area contributed by atoms with Crippen molar-refractivity contribution in [1.29, 1.82) is 0 Å². The molecule has 0 spiro atoms. The highest BCUT2D eigenvalue weighted by molar-refractivity contribution is 5.94. The molecule has 2 aromatic rings. The summed E-state index contributed by atoms with van der Waals surface area (Å²) in [6.45, 7) is 3.74. The van der Waals surface area contributed by atoms with Crippen LogP contribution in [0.15, 0.2) is 22.9 Å². The predicted octanol–water partition coefficient (Wildman–Crippen LogP) is 2.71. The summed E-state index contributed by atoms with van der Waals surface area (Å²) in [5, 5.41) is 3.95. The highest BCUT2D eigenvalue weighted by Crippen LogP contribution is 2.34. The number of aryl methyl sites for hydroxylation is 3. The van der Waals surface area contributed by atoms with Crippen LogP contribution in [0.4, 0.5) is 0 Å². The molecule has 4 heterocycles. The van der Waals surface area contributed by atoms with Gasteiger partial charge in [0.25, 0.3) is 5.91 Å². The number of fused-ring (bicyclic) bond motifs is 1. The number of carbonyl (C=O) groups excluding carboxylic acids is 1. The zero-order valence-electron chi connectivity index (χ0n) is 12.2. The number of rotatable bonds is 2. The van der Waals surface area contributed by atoms with Gasteiger partial charge < -0.3 is 14.0 Å². The molecule has 0 N–H and O–H groups in total. The van der Waals surface area contributed by atoms with Crippen molar-refractivity contribution < 1.29 is 9.32 Å². The van der Waals surface area contributed by atoms with Crippen LogP contribution in [0.3, 0.4) is 0 Å². The van der Waals surface area contributed by atoms with Crippen molar-refractivity contribution in [3.05, 3.63) is 41.0 Å². The third-order valence-corrected chi connectivity index (χ3v) is 4.55. The molecule has 21 heavy (non-hydrogen) atoms. The van der Waals surface area contributed by atoms with Crippen molar-refractivity contribution in [1.82, 2.24) is 14.6 Å². The number of likely N-dealkylation sites (tertiary alicyclic amines) is 1. The van der Waals surface area contributed by atoms with Crippen molar-refractivity contribution in [2.24, 2.45) is 0 Å². The van der Waals surface area contributed by atoms with Gasteiger partial charge in [-0.25, -0.2) is 0 Å². The third-order valence-electron chi connectivity index (χ3n) is 4.55. The number of amides is 1. The van der Waals surface area contributed by atoms with Gasteiger partial charge in [0.1, 0.15) is 0 Å². The summed E-state index contributed by atoms with van der Waals surface area (Å²) in [6, 6.07) is 4.03. The first-order chi connectivity index (χ1) is 10.2. The summed E-state index contributed by atoms with van der Waals surface area (Å²) >= 11 is 0. The summed E-state index contributed by atoms with van der Waals surface area (Å²) in [5.41, 5.74) is 2.96. The van der Waals surface area contributed by atoms with Gasteiger partial charge >= 0.3 is 0 Å². The molecule has 1 amide bonds. The van der Waals surface area contributed by atoms with E-state index in [4.69, 9.17) is 4.52 Å². The molecule has 0 radical (unpaired) electrons. The van der Waals surface area contributed by atoms with E-state index in [1.165, 1.54) is 12.1 Å². The van der Waals surface area contributed by atoms with E-state index >= 15 is 0 Å². The molecule has 110 valence electrons. The van der Waals surface area contributed by atoms with Crippen LogP contribution in [-0.4, -0.2) is 27.1 Å². The lowest BCUT2D eigenvalue weighted by Crippen LogP contribution is -2.30. The topological polar surface area (TPSA) is 51.3 Å². The van der Waals surface area contributed by atoms with E-state index in [0.717, 1.165) is 49.4 Å². The zero-order valence-corrected chi connectivity index (χ0v) is 12.2. The van der Waals surface area contributed by atoms with E-state index in [9.17, 15) is 4.79 Å². The van der Waals surface area contributed by atoms with Crippen LogP contribution in [0, 0.1) is 6.92 Å². The smallest absolute Gasteiger partial charge is 0.256 e. The Labute approximate surface area is 123 Å². The van der Waals surface area contributed by atoms with Crippen LogP contribution >= 0.6 is 0 Å². The number of hydrogen-bond acceptors (Lipinski definition) is 3. The fraction of sp³-hybridized carbons (Fsp3) is 0.500. The second-order valence-corrected chi connectivity index (χ2v) is 6.04. The first-order valence-corrected chi connectivity index (χ1v) is 7.65. The van der Waals surface area contributed by atoms with Crippen molar-refractivity contribution in [2.75, 3.05) is 6.54 Å². The molecule has 0 aromatic carbocycles. The molecule has 5 heteroatoms. The largest absolute Gasteiger partial charge is 0.359 e. The second-order valence-electron chi connectivity index (χ2n) is 6.04. The second kappa shape index (κ2) is 4.76. The first kappa shape index (κ1) is 12.7. The molecular formula is C16H19N3O2. The maximum absolute atomic E-state index is 12.8. The van der Waals surface area contributed by atoms with E-state index in [1.54, 1.807) is 0 Å². The van der Waals surface area contributed by atoms with Gasteiger partial charge in [-0.2, -0.15) is 0 Å². The van der Waals surface area contributed by atoms with E-state index in [1.807, 2.05) is 24.1 Å². The number of nitrogens with zero attached hydrogens (tertiary/aromatic N) is 3. The predicted molar refractivity (Wildman–Crippen MR) is 77.0 cm³/mol. The molecule has 0 aliphatic carbocycles. The summed E-state index contributed by atoms with van der Waals surface area (Å²) in [6.07, 6.45) is 6.24. The van der Waals surface area contributed by atoms with Gasteiger partial charge in [0.2, 0.25) is 0 Å². The van der Waals surface area contributed by atoms with Gasteiger partial charge in [0.15, 0.2) is 5.76 Å².